The van der Waals surface area contributed by atoms with E-state index < -0.39 is 0 Å². The molecule has 2 saturated heterocycles. The second kappa shape index (κ2) is 9.79. The molecule has 11 nitrogen and oxygen atoms in total. The number of rotatable bonds is 6. The number of amides is 2. The third-order valence-corrected chi connectivity index (χ3v) is 7.72. The summed E-state index contributed by atoms with van der Waals surface area (Å²) >= 11 is 0. The predicted molar refractivity (Wildman–Crippen MR) is 141 cm³/mol. The predicted octanol–water partition coefficient (Wildman–Crippen LogP) is 3.45. The molecule has 0 aliphatic carbocycles. The van der Waals surface area contributed by atoms with Gasteiger partial charge in [-0.05, 0) is 42.7 Å². The monoisotopic (exact) mass is 511 g/mol. The SMILES string of the molecule is COc1ncccc1NC(=O)N1CCC(N2CC(CC#N)(n3cc(-c4ccnc5[nH]ccc45)cn3)C2)CC1. The summed E-state index contributed by atoms with van der Waals surface area (Å²) in [7, 11) is 1.53. The molecule has 0 aromatic carbocycles. The van der Waals surface area contributed by atoms with E-state index in [1.165, 1.54) is 7.11 Å². The van der Waals surface area contributed by atoms with E-state index in [0.717, 1.165) is 48.1 Å². The summed E-state index contributed by atoms with van der Waals surface area (Å²) in [5, 5.41) is 18.3. The first-order valence-corrected chi connectivity index (χ1v) is 12.7. The summed E-state index contributed by atoms with van der Waals surface area (Å²) in [4.78, 5) is 28.7. The minimum Gasteiger partial charge on any atom is -0.480 e. The fraction of sp³-hybridized carbons (Fsp3) is 0.370. The van der Waals surface area contributed by atoms with Crippen LogP contribution in [0, 0.1) is 11.3 Å². The van der Waals surface area contributed by atoms with Gasteiger partial charge in [0.15, 0.2) is 0 Å². The smallest absolute Gasteiger partial charge is 0.321 e. The van der Waals surface area contributed by atoms with Crippen molar-refractivity contribution in [3.05, 3.63) is 55.2 Å². The summed E-state index contributed by atoms with van der Waals surface area (Å²) in [6, 6.07) is 10.2. The van der Waals surface area contributed by atoms with E-state index in [1.54, 1.807) is 24.5 Å². The molecular formula is C27H29N9O2. The average molecular weight is 512 g/mol. The van der Waals surface area contributed by atoms with Crippen molar-refractivity contribution in [3.63, 3.8) is 0 Å². The third-order valence-electron chi connectivity index (χ3n) is 7.72. The zero-order chi connectivity index (χ0) is 26.1. The quantitative estimate of drug-likeness (QED) is 0.406. The number of nitriles is 1. The van der Waals surface area contributed by atoms with E-state index >= 15 is 0 Å². The number of hydrogen-bond acceptors (Lipinski definition) is 7. The third kappa shape index (κ3) is 4.22. The molecule has 2 amide bonds. The fourth-order valence-electron chi connectivity index (χ4n) is 5.66. The maximum Gasteiger partial charge on any atom is 0.321 e. The number of fused-ring (bicyclic) bond motifs is 1. The first-order chi connectivity index (χ1) is 18.6. The lowest BCUT2D eigenvalue weighted by Crippen LogP contribution is -2.66. The lowest BCUT2D eigenvalue weighted by atomic mass is 9.84. The Morgan fingerprint density at radius 2 is 2.08 bits per heavy atom. The molecule has 6 heterocycles. The van der Waals surface area contributed by atoms with Crippen molar-refractivity contribution in [2.45, 2.75) is 30.8 Å². The van der Waals surface area contributed by atoms with Crippen LogP contribution in [0.15, 0.2) is 55.2 Å². The lowest BCUT2D eigenvalue weighted by molar-refractivity contribution is -0.0399. The fourth-order valence-corrected chi connectivity index (χ4v) is 5.66. The Morgan fingerprint density at radius 1 is 1.24 bits per heavy atom. The van der Waals surface area contributed by atoms with Crippen molar-refractivity contribution in [2.75, 3.05) is 38.6 Å². The van der Waals surface area contributed by atoms with Crippen LogP contribution in [0.3, 0.4) is 0 Å². The number of likely N-dealkylation sites (tertiary alicyclic amines) is 2. The Labute approximate surface area is 220 Å². The highest BCUT2D eigenvalue weighted by molar-refractivity contribution is 5.92. The number of aromatic amines is 1. The van der Waals surface area contributed by atoms with Crippen LogP contribution in [0.25, 0.3) is 22.2 Å². The van der Waals surface area contributed by atoms with Gasteiger partial charge in [-0.3, -0.25) is 9.58 Å². The van der Waals surface area contributed by atoms with Crippen molar-refractivity contribution in [1.82, 2.24) is 34.5 Å². The van der Waals surface area contributed by atoms with Gasteiger partial charge in [-0.1, -0.05) is 0 Å². The first kappa shape index (κ1) is 23.9. The largest absolute Gasteiger partial charge is 0.480 e. The molecule has 0 bridgehead atoms. The van der Waals surface area contributed by atoms with E-state index in [-0.39, 0.29) is 11.6 Å². The molecule has 38 heavy (non-hydrogen) atoms. The van der Waals surface area contributed by atoms with Gasteiger partial charge in [-0.15, -0.1) is 0 Å². The molecule has 0 unspecified atom stereocenters. The number of methoxy groups -OCH3 is 1. The van der Waals surface area contributed by atoms with Crippen molar-refractivity contribution in [3.8, 4) is 23.1 Å². The van der Waals surface area contributed by atoms with Gasteiger partial charge in [-0.25, -0.2) is 14.8 Å². The maximum absolute atomic E-state index is 12.8. The molecule has 4 aromatic rings. The highest BCUT2D eigenvalue weighted by Gasteiger charge is 2.48. The maximum atomic E-state index is 12.8. The number of anilines is 1. The minimum atomic E-state index is -0.345. The highest BCUT2D eigenvalue weighted by atomic mass is 16.5. The Morgan fingerprint density at radius 3 is 2.87 bits per heavy atom. The van der Waals surface area contributed by atoms with E-state index in [2.05, 4.69) is 37.4 Å². The molecule has 11 heteroatoms. The van der Waals surface area contributed by atoms with Crippen LogP contribution in [0.1, 0.15) is 19.3 Å². The van der Waals surface area contributed by atoms with E-state index in [1.807, 2.05) is 34.1 Å². The van der Waals surface area contributed by atoms with Crippen molar-refractivity contribution in [1.29, 1.82) is 5.26 Å². The molecule has 0 spiro atoms. The van der Waals surface area contributed by atoms with Gasteiger partial charge in [0.05, 0.1) is 25.8 Å². The van der Waals surface area contributed by atoms with Crippen LogP contribution in [-0.2, 0) is 5.54 Å². The molecule has 0 radical (unpaired) electrons. The van der Waals surface area contributed by atoms with Crippen molar-refractivity contribution >= 4 is 22.8 Å². The Bertz CT molecular complexity index is 1490. The molecule has 2 aliphatic heterocycles. The number of nitrogens with one attached hydrogen (secondary N) is 2. The van der Waals surface area contributed by atoms with Crippen LogP contribution >= 0.6 is 0 Å². The topological polar surface area (TPSA) is 128 Å². The zero-order valence-corrected chi connectivity index (χ0v) is 21.2. The summed E-state index contributed by atoms with van der Waals surface area (Å²) < 4.78 is 7.21. The second-order valence-corrected chi connectivity index (χ2v) is 9.94. The van der Waals surface area contributed by atoms with Gasteiger partial charge in [0.1, 0.15) is 16.9 Å². The van der Waals surface area contributed by atoms with Crippen LogP contribution in [0.5, 0.6) is 5.88 Å². The normalized spacial score (nSPS) is 17.6. The number of carbonyl (C=O) groups is 1. The minimum absolute atomic E-state index is 0.145. The molecule has 2 fully saturated rings. The van der Waals surface area contributed by atoms with Gasteiger partial charge >= 0.3 is 6.03 Å². The molecule has 4 aromatic heterocycles. The number of carbonyl (C=O) groups excluding carboxylic acids is 1. The second-order valence-electron chi connectivity index (χ2n) is 9.94. The highest BCUT2D eigenvalue weighted by Crippen LogP contribution is 2.37. The molecule has 6 rings (SSSR count). The first-order valence-electron chi connectivity index (χ1n) is 12.7. The van der Waals surface area contributed by atoms with Gasteiger partial charge in [-0.2, -0.15) is 10.4 Å². The van der Waals surface area contributed by atoms with Crippen molar-refractivity contribution in [2.24, 2.45) is 0 Å². The number of ether oxygens (including phenoxy) is 1. The van der Waals surface area contributed by atoms with Gasteiger partial charge < -0.3 is 19.9 Å². The number of aromatic nitrogens is 5. The van der Waals surface area contributed by atoms with E-state index in [9.17, 15) is 10.1 Å². The van der Waals surface area contributed by atoms with Crippen molar-refractivity contribution < 1.29 is 9.53 Å². The van der Waals surface area contributed by atoms with Crippen LogP contribution < -0.4 is 10.1 Å². The lowest BCUT2D eigenvalue weighted by Gasteiger charge is -2.53. The van der Waals surface area contributed by atoms with E-state index in [0.29, 0.717) is 37.1 Å². The Balaban J connectivity index is 1.09. The van der Waals surface area contributed by atoms with E-state index in [4.69, 9.17) is 9.84 Å². The van der Waals surface area contributed by atoms with Crippen LogP contribution in [0.4, 0.5) is 10.5 Å². The number of urea groups is 1. The van der Waals surface area contributed by atoms with Gasteiger partial charge in [0, 0.05) is 68.0 Å². The number of H-pyrrole nitrogens is 1. The molecule has 194 valence electrons. The van der Waals surface area contributed by atoms with Crippen LogP contribution in [-0.4, -0.2) is 79.9 Å². The number of hydrogen-bond donors (Lipinski definition) is 2. The Hall–Kier alpha value is -4.43. The molecular weight excluding hydrogens is 482 g/mol. The average Bonchev–Trinajstić information content (AvgIpc) is 3.61. The van der Waals surface area contributed by atoms with Gasteiger partial charge in [0.2, 0.25) is 5.88 Å². The van der Waals surface area contributed by atoms with Crippen LogP contribution in [0.2, 0.25) is 0 Å². The number of nitrogens with zero attached hydrogens (tertiary/aromatic N) is 7. The Kier molecular flexibility index (Phi) is 6.17. The summed E-state index contributed by atoms with van der Waals surface area (Å²) in [5.74, 6) is 0.397. The van der Waals surface area contributed by atoms with Gasteiger partial charge in [0.25, 0.3) is 0 Å². The zero-order valence-electron chi connectivity index (χ0n) is 21.2. The summed E-state index contributed by atoms with van der Waals surface area (Å²) in [6.45, 7) is 2.87. The molecule has 0 saturated carbocycles. The number of piperidine rings is 1. The standard InChI is InChI=1S/C27H29N9O2/c1-38-25-23(3-2-10-31-25)33-26(37)34-13-6-20(7-14-34)35-17-27(18-35,8-9-28)36-16-19(15-32-36)21-4-11-29-24-22(21)5-12-30-24/h2-5,10-12,15-16,20H,6-8,13-14,17-18H2,1H3,(H,29,30)(H,33,37). The summed E-state index contributed by atoms with van der Waals surface area (Å²) in [5.41, 5.74) is 3.14. The molecule has 2 aliphatic rings. The summed E-state index contributed by atoms with van der Waals surface area (Å²) in [6.07, 6.45) is 11.4. The molecule has 2 N–H and O–H groups in total. The number of pyridine rings is 2. The molecule has 0 atom stereocenters.